The summed E-state index contributed by atoms with van der Waals surface area (Å²) in [5, 5.41) is 5.06. The second-order valence-electron chi connectivity index (χ2n) is 6.36. The first kappa shape index (κ1) is 14.6. The molecule has 1 saturated carbocycles. The Bertz CT molecular complexity index is 578. The van der Waals surface area contributed by atoms with Crippen LogP contribution in [0, 0.1) is 5.92 Å². The average Bonchev–Trinajstić information content (AvgIpc) is 2.91. The molecule has 1 aromatic heterocycles. The van der Waals surface area contributed by atoms with Crippen LogP contribution < -0.4 is 5.32 Å². The summed E-state index contributed by atoms with van der Waals surface area (Å²) in [7, 11) is 0. The lowest BCUT2D eigenvalue weighted by atomic mass is 9.84. The second-order valence-corrected chi connectivity index (χ2v) is 6.36. The first-order chi connectivity index (χ1) is 10.3. The van der Waals surface area contributed by atoms with Gasteiger partial charge in [-0.15, -0.1) is 0 Å². The van der Waals surface area contributed by atoms with Crippen LogP contribution in [0.15, 0.2) is 28.7 Å². The summed E-state index contributed by atoms with van der Waals surface area (Å²) >= 11 is 0. The predicted molar refractivity (Wildman–Crippen MR) is 88.5 cm³/mol. The zero-order chi connectivity index (χ0) is 14.7. The molecule has 2 heteroatoms. The van der Waals surface area contributed by atoms with E-state index in [9.17, 15) is 0 Å². The van der Waals surface area contributed by atoms with Crippen LogP contribution in [0.5, 0.6) is 0 Å². The fourth-order valence-electron chi connectivity index (χ4n) is 3.65. The van der Waals surface area contributed by atoms with Gasteiger partial charge in [0.2, 0.25) is 0 Å². The van der Waals surface area contributed by atoms with Crippen LogP contribution in [0.4, 0.5) is 0 Å². The largest absolute Gasteiger partial charge is 0.461 e. The van der Waals surface area contributed by atoms with Crippen LogP contribution in [0.1, 0.15) is 57.3 Å². The second kappa shape index (κ2) is 6.65. The number of hydrogen-bond donors (Lipinski definition) is 1. The van der Waals surface area contributed by atoms with Gasteiger partial charge in [0.15, 0.2) is 0 Å². The first-order valence-corrected chi connectivity index (χ1v) is 8.54. The lowest BCUT2D eigenvalue weighted by Crippen LogP contribution is -2.32. The number of nitrogens with one attached hydrogen (secondary N) is 1. The van der Waals surface area contributed by atoms with E-state index in [1.165, 1.54) is 43.1 Å². The number of benzene rings is 1. The fraction of sp³-hybridized carbons (Fsp3) is 0.579. The minimum Gasteiger partial charge on any atom is -0.461 e. The Hall–Kier alpha value is -1.28. The van der Waals surface area contributed by atoms with Crippen LogP contribution >= 0.6 is 0 Å². The van der Waals surface area contributed by atoms with Gasteiger partial charge in [0.1, 0.15) is 11.3 Å². The summed E-state index contributed by atoms with van der Waals surface area (Å²) in [5.41, 5.74) is 2.39. The van der Waals surface area contributed by atoms with E-state index in [-0.39, 0.29) is 0 Å². The van der Waals surface area contributed by atoms with Crippen molar-refractivity contribution in [1.82, 2.24) is 5.32 Å². The third-order valence-electron chi connectivity index (χ3n) is 5.09. The van der Waals surface area contributed by atoms with Crippen LogP contribution in [0.25, 0.3) is 11.0 Å². The zero-order valence-corrected chi connectivity index (χ0v) is 13.3. The molecule has 0 unspecified atom stereocenters. The van der Waals surface area contributed by atoms with Gasteiger partial charge in [-0.3, -0.25) is 0 Å². The van der Waals surface area contributed by atoms with Crippen LogP contribution in [0.2, 0.25) is 0 Å². The number of furan rings is 1. The molecule has 1 aliphatic rings. The van der Waals surface area contributed by atoms with Gasteiger partial charge in [0.05, 0.1) is 0 Å². The minimum atomic E-state index is 0.686. The molecule has 2 aromatic rings. The van der Waals surface area contributed by atoms with E-state index in [2.05, 4.69) is 43.4 Å². The Morgan fingerprint density at radius 3 is 2.57 bits per heavy atom. The van der Waals surface area contributed by atoms with E-state index in [0.29, 0.717) is 6.04 Å². The fourth-order valence-corrected chi connectivity index (χ4v) is 3.65. The molecule has 1 aromatic carbocycles. The molecule has 1 aliphatic carbocycles. The molecular formula is C19H27NO. The van der Waals surface area contributed by atoms with Gasteiger partial charge >= 0.3 is 0 Å². The lowest BCUT2D eigenvalue weighted by molar-refractivity contribution is 0.285. The first-order valence-electron chi connectivity index (χ1n) is 8.54. The molecule has 0 radical (unpaired) electrons. The summed E-state index contributed by atoms with van der Waals surface area (Å²) in [4.78, 5) is 0. The van der Waals surface area contributed by atoms with Crippen molar-refractivity contribution in [1.29, 1.82) is 0 Å². The van der Waals surface area contributed by atoms with Crippen molar-refractivity contribution >= 4 is 11.0 Å². The third-order valence-corrected chi connectivity index (χ3v) is 5.09. The smallest absolute Gasteiger partial charge is 0.134 e. The maximum absolute atomic E-state index is 5.98. The molecule has 2 nitrogen and oxygen atoms in total. The molecular weight excluding hydrogens is 258 g/mol. The lowest BCUT2D eigenvalue weighted by Gasteiger charge is -2.28. The summed E-state index contributed by atoms with van der Waals surface area (Å²) in [5.74, 6) is 2.11. The SMILES string of the molecule is CCc1oc2ccccc2c1CNC1CCC(CC)CC1. The van der Waals surface area contributed by atoms with Gasteiger partial charge in [-0.2, -0.15) is 0 Å². The molecule has 0 bridgehead atoms. The molecule has 0 amide bonds. The van der Waals surface area contributed by atoms with Gasteiger partial charge in [0.25, 0.3) is 0 Å². The van der Waals surface area contributed by atoms with Crippen LogP contribution in [-0.2, 0) is 13.0 Å². The van der Waals surface area contributed by atoms with E-state index in [1.54, 1.807) is 0 Å². The Balaban J connectivity index is 1.68. The van der Waals surface area contributed by atoms with E-state index < -0.39 is 0 Å². The normalized spacial score (nSPS) is 22.8. The molecule has 114 valence electrons. The van der Waals surface area contributed by atoms with E-state index >= 15 is 0 Å². The highest BCUT2D eigenvalue weighted by Gasteiger charge is 2.20. The number of para-hydroxylation sites is 1. The summed E-state index contributed by atoms with van der Waals surface area (Å²) in [6.07, 6.45) is 7.75. The molecule has 0 aliphatic heterocycles. The summed E-state index contributed by atoms with van der Waals surface area (Å²) in [6.45, 7) is 5.44. The van der Waals surface area contributed by atoms with Gasteiger partial charge in [-0.05, 0) is 37.7 Å². The van der Waals surface area contributed by atoms with E-state index in [0.717, 1.165) is 30.2 Å². The number of aryl methyl sites for hydroxylation is 1. The third kappa shape index (κ3) is 3.16. The molecule has 0 spiro atoms. The minimum absolute atomic E-state index is 0.686. The summed E-state index contributed by atoms with van der Waals surface area (Å²) < 4.78 is 5.98. The van der Waals surface area contributed by atoms with Crippen molar-refractivity contribution in [3.8, 4) is 0 Å². The number of hydrogen-bond acceptors (Lipinski definition) is 2. The highest BCUT2D eigenvalue weighted by atomic mass is 16.3. The monoisotopic (exact) mass is 285 g/mol. The average molecular weight is 285 g/mol. The van der Waals surface area contributed by atoms with Gasteiger partial charge < -0.3 is 9.73 Å². The summed E-state index contributed by atoms with van der Waals surface area (Å²) in [6, 6.07) is 9.10. The molecule has 1 N–H and O–H groups in total. The maximum Gasteiger partial charge on any atom is 0.134 e. The zero-order valence-electron chi connectivity index (χ0n) is 13.3. The van der Waals surface area contributed by atoms with Crippen molar-refractivity contribution in [3.05, 3.63) is 35.6 Å². The van der Waals surface area contributed by atoms with Gasteiger partial charge in [-0.25, -0.2) is 0 Å². The Kier molecular flexibility index (Phi) is 4.64. The highest BCUT2D eigenvalue weighted by molar-refractivity contribution is 5.82. The van der Waals surface area contributed by atoms with Gasteiger partial charge in [-0.1, -0.05) is 38.5 Å². The highest BCUT2D eigenvalue weighted by Crippen LogP contribution is 2.29. The quantitative estimate of drug-likeness (QED) is 0.831. The molecule has 0 atom stereocenters. The Morgan fingerprint density at radius 1 is 1.10 bits per heavy atom. The van der Waals surface area contributed by atoms with E-state index in [1.807, 2.05) is 0 Å². The van der Waals surface area contributed by atoms with E-state index in [4.69, 9.17) is 4.42 Å². The van der Waals surface area contributed by atoms with Crippen molar-refractivity contribution in [2.45, 2.75) is 65.0 Å². The predicted octanol–water partition coefficient (Wildman–Crippen LogP) is 5.05. The molecule has 0 saturated heterocycles. The standard InChI is InChI=1S/C19H27NO/c1-3-14-9-11-15(12-10-14)20-13-17-16-7-5-6-8-19(16)21-18(17)4-2/h5-8,14-15,20H,3-4,9-13H2,1-2H3. The molecule has 21 heavy (non-hydrogen) atoms. The van der Waals surface area contributed by atoms with Crippen LogP contribution in [-0.4, -0.2) is 6.04 Å². The Labute approximate surface area is 127 Å². The molecule has 3 rings (SSSR count). The number of fused-ring (bicyclic) bond motifs is 1. The van der Waals surface area contributed by atoms with Crippen molar-refractivity contribution in [3.63, 3.8) is 0 Å². The van der Waals surface area contributed by atoms with Crippen molar-refractivity contribution < 1.29 is 4.42 Å². The molecule has 1 heterocycles. The van der Waals surface area contributed by atoms with Crippen LogP contribution in [0.3, 0.4) is 0 Å². The Morgan fingerprint density at radius 2 is 1.86 bits per heavy atom. The van der Waals surface area contributed by atoms with Crippen molar-refractivity contribution in [2.75, 3.05) is 0 Å². The topological polar surface area (TPSA) is 25.2 Å². The van der Waals surface area contributed by atoms with Gasteiger partial charge in [0, 0.05) is 30.0 Å². The number of rotatable bonds is 5. The maximum atomic E-state index is 5.98. The molecule has 1 fully saturated rings. The van der Waals surface area contributed by atoms with Crippen molar-refractivity contribution in [2.24, 2.45) is 5.92 Å².